The molecule has 2 heterocycles. The minimum Gasteiger partial charge on any atom is -0.313 e. The van der Waals surface area contributed by atoms with Crippen molar-refractivity contribution in [2.45, 2.75) is 71.6 Å². The Morgan fingerprint density at radius 2 is 2.25 bits per heavy atom. The quantitative estimate of drug-likeness (QED) is 0.899. The molecule has 20 heavy (non-hydrogen) atoms. The van der Waals surface area contributed by atoms with Crippen molar-refractivity contribution in [3.05, 3.63) is 18.0 Å². The van der Waals surface area contributed by atoms with Gasteiger partial charge in [-0.15, -0.1) is 0 Å². The number of nitrogens with one attached hydrogen (secondary N) is 1. The number of rotatable bonds is 5. The van der Waals surface area contributed by atoms with Crippen LogP contribution < -0.4 is 5.32 Å². The van der Waals surface area contributed by atoms with Crippen LogP contribution in [0.25, 0.3) is 0 Å². The van der Waals surface area contributed by atoms with Crippen LogP contribution in [-0.2, 0) is 6.54 Å². The first kappa shape index (κ1) is 15.5. The first-order valence-electron chi connectivity index (χ1n) is 8.11. The predicted molar refractivity (Wildman–Crippen MR) is 83.8 cm³/mol. The molecule has 0 amide bonds. The van der Waals surface area contributed by atoms with E-state index in [1.807, 2.05) is 0 Å². The fraction of sp³-hybridized carbons (Fsp3) is 0.812. The Morgan fingerprint density at radius 3 is 2.90 bits per heavy atom. The van der Waals surface area contributed by atoms with Crippen LogP contribution in [0.4, 0.5) is 0 Å². The molecule has 4 heteroatoms. The lowest BCUT2D eigenvalue weighted by Gasteiger charge is -2.28. The van der Waals surface area contributed by atoms with E-state index in [1.54, 1.807) is 0 Å². The third-order valence-electron chi connectivity index (χ3n) is 4.27. The lowest BCUT2D eigenvalue weighted by atomic mass is 10.1. The molecule has 0 aromatic carbocycles. The van der Waals surface area contributed by atoms with E-state index in [0.29, 0.717) is 18.1 Å². The average molecular weight is 278 g/mol. The van der Waals surface area contributed by atoms with E-state index in [2.05, 4.69) is 54.9 Å². The van der Waals surface area contributed by atoms with Gasteiger partial charge in [0.2, 0.25) is 0 Å². The molecule has 0 radical (unpaired) electrons. The number of aromatic nitrogens is 2. The highest BCUT2D eigenvalue weighted by molar-refractivity contribution is 5.00. The van der Waals surface area contributed by atoms with Crippen molar-refractivity contribution in [3.8, 4) is 0 Å². The van der Waals surface area contributed by atoms with Crippen molar-refractivity contribution in [3.63, 3.8) is 0 Å². The molecule has 4 nitrogen and oxygen atoms in total. The number of hydrogen-bond donors (Lipinski definition) is 1. The lowest BCUT2D eigenvalue weighted by Crippen LogP contribution is -2.39. The first-order chi connectivity index (χ1) is 9.60. The van der Waals surface area contributed by atoms with Gasteiger partial charge in [0.25, 0.3) is 0 Å². The molecule has 0 saturated carbocycles. The fourth-order valence-corrected chi connectivity index (χ4v) is 2.93. The second-order valence-corrected chi connectivity index (χ2v) is 6.39. The molecule has 1 aliphatic heterocycles. The van der Waals surface area contributed by atoms with Gasteiger partial charge in [-0.05, 0) is 46.2 Å². The number of hydrogen-bond acceptors (Lipinski definition) is 3. The third-order valence-corrected chi connectivity index (χ3v) is 4.27. The van der Waals surface area contributed by atoms with Crippen LogP contribution in [0, 0.1) is 0 Å². The van der Waals surface area contributed by atoms with Gasteiger partial charge in [-0.1, -0.05) is 13.3 Å². The summed E-state index contributed by atoms with van der Waals surface area (Å²) in [5.74, 6) is 0. The van der Waals surface area contributed by atoms with E-state index in [9.17, 15) is 0 Å². The van der Waals surface area contributed by atoms with Crippen LogP contribution in [0.5, 0.6) is 0 Å². The molecule has 114 valence electrons. The summed E-state index contributed by atoms with van der Waals surface area (Å²) in [7, 11) is 0. The minimum atomic E-state index is 0.444. The van der Waals surface area contributed by atoms with Crippen molar-refractivity contribution in [2.24, 2.45) is 0 Å². The Kier molecular flexibility index (Phi) is 5.61. The van der Waals surface area contributed by atoms with E-state index in [1.165, 1.54) is 25.0 Å². The van der Waals surface area contributed by atoms with Crippen LogP contribution >= 0.6 is 0 Å². The van der Waals surface area contributed by atoms with Crippen LogP contribution in [0.1, 0.15) is 58.7 Å². The predicted octanol–water partition coefficient (Wildman–Crippen LogP) is 2.82. The zero-order valence-corrected chi connectivity index (χ0v) is 13.5. The molecule has 1 aliphatic rings. The topological polar surface area (TPSA) is 33.1 Å². The van der Waals surface area contributed by atoms with Gasteiger partial charge in [-0.25, -0.2) is 0 Å². The minimum absolute atomic E-state index is 0.444. The van der Waals surface area contributed by atoms with Gasteiger partial charge < -0.3 is 5.32 Å². The van der Waals surface area contributed by atoms with E-state index in [4.69, 9.17) is 5.10 Å². The van der Waals surface area contributed by atoms with Crippen molar-refractivity contribution >= 4 is 0 Å². The van der Waals surface area contributed by atoms with E-state index < -0.39 is 0 Å². The van der Waals surface area contributed by atoms with E-state index >= 15 is 0 Å². The molecule has 0 bridgehead atoms. The van der Waals surface area contributed by atoms with Crippen molar-refractivity contribution in [1.82, 2.24) is 20.0 Å². The zero-order chi connectivity index (χ0) is 14.5. The molecule has 1 aromatic rings. The Bertz CT molecular complexity index is 399. The average Bonchev–Trinajstić information content (AvgIpc) is 2.79. The summed E-state index contributed by atoms with van der Waals surface area (Å²) in [6.45, 7) is 12.2. The summed E-state index contributed by atoms with van der Waals surface area (Å²) in [5, 5.41) is 8.38. The zero-order valence-electron chi connectivity index (χ0n) is 13.5. The molecular formula is C16H30N4. The van der Waals surface area contributed by atoms with Crippen molar-refractivity contribution in [2.75, 3.05) is 13.1 Å². The normalized spacial score (nSPS) is 25.1. The summed E-state index contributed by atoms with van der Waals surface area (Å²) in [4.78, 5) is 2.59. The smallest absolute Gasteiger partial charge is 0.0765 e. The highest BCUT2D eigenvalue weighted by Crippen LogP contribution is 2.15. The SMILES string of the molecule is CCCC1CN(Cc2ccn(C(C)C)n2)C(C)CCN1. The maximum Gasteiger partial charge on any atom is 0.0765 e. The van der Waals surface area contributed by atoms with Gasteiger partial charge >= 0.3 is 0 Å². The van der Waals surface area contributed by atoms with Gasteiger partial charge in [0.15, 0.2) is 0 Å². The van der Waals surface area contributed by atoms with Crippen molar-refractivity contribution in [1.29, 1.82) is 0 Å². The standard InChI is InChI=1S/C16H30N4/c1-5-6-15-11-19(14(4)7-9-17-15)12-16-8-10-20(18-16)13(2)3/h8,10,13-15,17H,5-7,9,11-12H2,1-4H3. The van der Waals surface area contributed by atoms with Crippen LogP contribution in [0.3, 0.4) is 0 Å². The van der Waals surface area contributed by atoms with Crippen LogP contribution in [-0.4, -0.2) is 39.9 Å². The Balaban J connectivity index is 2.00. The molecule has 0 spiro atoms. The maximum atomic E-state index is 4.69. The second-order valence-electron chi connectivity index (χ2n) is 6.39. The second kappa shape index (κ2) is 7.23. The Hall–Kier alpha value is -0.870. The van der Waals surface area contributed by atoms with Crippen LogP contribution in [0.2, 0.25) is 0 Å². The Labute approximate surface area is 123 Å². The van der Waals surface area contributed by atoms with E-state index in [0.717, 1.165) is 19.6 Å². The number of nitrogens with zero attached hydrogens (tertiary/aromatic N) is 3. The van der Waals surface area contributed by atoms with Gasteiger partial charge in [0.1, 0.15) is 0 Å². The molecule has 1 fully saturated rings. The molecule has 2 rings (SSSR count). The summed E-state index contributed by atoms with van der Waals surface area (Å²) in [5.41, 5.74) is 1.20. The lowest BCUT2D eigenvalue weighted by molar-refractivity contribution is 0.190. The highest BCUT2D eigenvalue weighted by atomic mass is 15.3. The van der Waals surface area contributed by atoms with Gasteiger partial charge in [0.05, 0.1) is 5.69 Å². The summed E-state index contributed by atoms with van der Waals surface area (Å²) >= 11 is 0. The Morgan fingerprint density at radius 1 is 1.45 bits per heavy atom. The third kappa shape index (κ3) is 4.06. The first-order valence-corrected chi connectivity index (χ1v) is 8.11. The highest BCUT2D eigenvalue weighted by Gasteiger charge is 2.23. The van der Waals surface area contributed by atoms with Crippen LogP contribution in [0.15, 0.2) is 12.3 Å². The largest absolute Gasteiger partial charge is 0.313 e. The van der Waals surface area contributed by atoms with E-state index in [-0.39, 0.29) is 0 Å². The monoisotopic (exact) mass is 278 g/mol. The molecule has 0 aliphatic carbocycles. The van der Waals surface area contributed by atoms with Gasteiger partial charge in [-0.2, -0.15) is 5.10 Å². The fourth-order valence-electron chi connectivity index (χ4n) is 2.93. The molecule has 1 aromatic heterocycles. The maximum absolute atomic E-state index is 4.69. The summed E-state index contributed by atoms with van der Waals surface area (Å²) in [6, 6.07) is 3.88. The molecule has 2 unspecified atom stereocenters. The molecular weight excluding hydrogens is 248 g/mol. The molecule has 2 atom stereocenters. The van der Waals surface area contributed by atoms with Crippen molar-refractivity contribution < 1.29 is 0 Å². The van der Waals surface area contributed by atoms with Gasteiger partial charge in [-0.3, -0.25) is 9.58 Å². The molecule has 1 N–H and O–H groups in total. The molecule has 1 saturated heterocycles. The summed E-state index contributed by atoms with van der Waals surface area (Å²) < 4.78 is 2.06. The van der Waals surface area contributed by atoms with Gasteiger partial charge in [0, 0.05) is 37.4 Å². The summed E-state index contributed by atoms with van der Waals surface area (Å²) in [6.07, 6.45) is 5.85.